The maximum Gasteiger partial charge on any atom is 0.330 e. The monoisotopic (exact) mass is 301 g/mol. The van der Waals surface area contributed by atoms with Crippen LogP contribution < -0.4 is 4.90 Å². The van der Waals surface area contributed by atoms with E-state index in [0.29, 0.717) is 12.5 Å². The lowest BCUT2D eigenvalue weighted by Gasteiger charge is -2.13. The Morgan fingerprint density at radius 2 is 1.86 bits per heavy atom. The molecule has 1 unspecified atom stereocenters. The van der Waals surface area contributed by atoms with Gasteiger partial charge in [-0.2, -0.15) is 0 Å². The molecule has 0 fully saturated rings. The Kier molecular flexibility index (Phi) is 7.44. The summed E-state index contributed by atoms with van der Waals surface area (Å²) in [5.41, 5.74) is 3.60. The third-order valence-corrected chi connectivity index (χ3v) is 3.33. The Morgan fingerprint density at radius 3 is 2.41 bits per heavy atom. The van der Waals surface area contributed by atoms with E-state index >= 15 is 0 Å². The van der Waals surface area contributed by atoms with E-state index in [2.05, 4.69) is 42.2 Å². The average molecular weight is 301 g/mol. The van der Waals surface area contributed by atoms with E-state index in [4.69, 9.17) is 4.74 Å². The Morgan fingerprint density at radius 1 is 1.23 bits per heavy atom. The zero-order chi connectivity index (χ0) is 16.5. The van der Waals surface area contributed by atoms with Gasteiger partial charge in [-0.1, -0.05) is 36.8 Å². The first-order chi connectivity index (χ1) is 10.4. The quantitative estimate of drug-likeness (QED) is 0.433. The highest BCUT2D eigenvalue weighted by molar-refractivity contribution is 5.82. The second-order valence-electron chi connectivity index (χ2n) is 5.74. The molecule has 1 atom stereocenters. The van der Waals surface area contributed by atoms with Gasteiger partial charge in [0.15, 0.2) is 0 Å². The number of benzene rings is 1. The van der Waals surface area contributed by atoms with Crippen LogP contribution in [0.25, 0.3) is 0 Å². The number of nitrogens with zero attached hydrogens (tertiary/aromatic N) is 1. The number of carbonyl (C=O) groups excluding carboxylic acids is 1. The van der Waals surface area contributed by atoms with Crippen molar-refractivity contribution in [2.24, 2.45) is 5.92 Å². The summed E-state index contributed by atoms with van der Waals surface area (Å²) in [6.45, 7) is 6.40. The summed E-state index contributed by atoms with van der Waals surface area (Å²) >= 11 is 0. The maximum atomic E-state index is 11.3. The Balaban J connectivity index is 2.58. The van der Waals surface area contributed by atoms with Crippen molar-refractivity contribution >= 4 is 11.7 Å². The number of hydrogen-bond donors (Lipinski definition) is 0. The van der Waals surface area contributed by atoms with E-state index in [1.807, 2.05) is 27.1 Å². The van der Waals surface area contributed by atoms with Crippen LogP contribution in [0, 0.1) is 5.92 Å². The first-order valence-corrected chi connectivity index (χ1v) is 7.72. The van der Waals surface area contributed by atoms with E-state index in [1.54, 1.807) is 6.92 Å². The number of allylic oxidation sites excluding steroid dienone is 3. The van der Waals surface area contributed by atoms with Crippen molar-refractivity contribution in [3.05, 3.63) is 53.6 Å². The molecule has 120 valence electrons. The molecule has 0 bridgehead atoms. The zero-order valence-electron chi connectivity index (χ0n) is 14.3. The van der Waals surface area contributed by atoms with Gasteiger partial charge in [0.05, 0.1) is 6.61 Å². The number of rotatable bonds is 7. The van der Waals surface area contributed by atoms with Crippen LogP contribution in [0.1, 0.15) is 26.3 Å². The molecular weight excluding hydrogens is 274 g/mol. The number of ether oxygens (including phenoxy) is 1. The van der Waals surface area contributed by atoms with Gasteiger partial charge in [0.1, 0.15) is 0 Å². The van der Waals surface area contributed by atoms with Crippen molar-refractivity contribution in [2.45, 2.75) is 27.2 Å². The molecule has 0 aliphatic rings. The Hall–Kier alpha value is -2.03. The molecule has 0 N–H and O–H groups in total. The summed E-state index contributed by atoms with van der Waals surface area (Å²) in [4.78, 5) is 13.4. The predicted octanol–water partition coefficient (Wildman–Crippen LogP) is 4.00. The summed E-state index contributed by atoms with van der Waals surface area (Å²) in [5, 5.41) is 0. The van der Waals surface area contributed by atoms with Gasteiger partial charge in [0.25, 0.3) is 0 Å². The minimum absolute atomic E-state index is 0.290. The smallest absolute Gasteiger partial charge is 0.330 e. The fraction of sp³-hybridized carbons (Fsp3) is 0.421. The first-order valence-electron chi connectivity index (χ1n) is 7.72. The van der Waals surface area contributed by atoms with Gasteiger partial charge in [-0.25, -0.2) is 4.79 Å². The number of esters is 1. The SMILES string of the molecule is CCOC(=O)/C=C/C(C)=C/C(C)Cc1ccc(N(C)C)cc1. The predicted molar refractivity (Wildman–Crippen MR) is 93.2 cm³/mol. The van der Waals surface area contributed by atoms with Crippen LogP contribution >= 0.6 is 0 Å². The summed E-state index contributed by atoms with van der Waals surface area (Å²) in [6.07, 6.45) is 6.45. The van der Waals surface area contributed by atoms with Gasteiger partial charge in [0.2, 0.25) is 0 Å². The number of carbonyl (C=O) groups is 1. The second-order valence-corrected chi connectivity index (χ2v) is 5.74. The summed E-state index contributed by atoms with van der Waals surface area (Å²) in [5.74, 6) is 0.124. The minimum Gasteiger partial charge on any atom is -0.463 e. The van der Waals surface area contributed by atoms with Crippen LogP contribution in [-0.2, 0) is 16.0 Å². The van der Waals surface area contributed by atoms with Gasteiger partial charge in [-0.15, -0.1) is 0 Å². The molecule has 22 heavy (non-hydrogen) atoms. The molecule has 1 aromatic rings. The van der Waals surface area contributed by atoms with Crippen LogP contribution in [-0.4, -0.2) is 26.7 Å². The molecule has 0 heterocycles. The molecule has 0 amide bonds. The lowest BCUT2D eigenvalue weighted by atomic mass is 9.98. The zero-order valence-corrected chi connectivity index (χ0v) is 14.3. The fourth-order valence-corrected chi connectivity index (χ4v) is 2.26. The van der Waals surface area contributed by atoms with Gasteiger partial charge < -0.3 is 9.64 Å². The van der Waals surface area contributed by atoms with Crippen molar-refractivity contribution in [3.8, 4) is 0 Å². The van der Waals surface area contributed by atoms with E-state index in [1.165, 1.54) is 17.3 Å². The molecule has 0 aromatic heterocycles. The fourth-order valence-electron chi connectivity index (χ4n) is 2.26. The van der Waals surface area contributed by atoms with Crippen molar-refractivity contribution in [2.75, 3.05) is 25.6 Å². The molecule has 0 saturated carbocycles. The van der Waals surface area contributed by atoms with E-state index in [9.17, 15) is 4.79 Å². The highest BCUT2D eigenvalue weighted by atomic mass is 16.5. The second kappa shape index (κ2) is 9.08. The van der Waals surface area contributed by atoms with Crippen LogP contribution in [0.4, 0.5) is 5.69 Å². The van der Waals surface area contributed by atoms with Crippen LogP contribution in [0.2, 0.25) is 0 Å². The average Bonchev–Trinajstić information content (AvgIpc) is 2.46. The van der Waals surface area contributed by atoms with Crippen LogP contribution in [0.3, 0.4) is 0 Å². The third kappa shape index (κ3) is 6.61. The molecule has 1 aromatic carbocycles. The molecule has 0 aliphatic heterocycles. The van der Waals surface area contributed by atoms with Crippen molar-refractivity contribution < 1.29 is 9.53 Å². The maximum absolute atomic E-state index is 11.3. The lowest BCUT2D eigenvalue weighted by molar-refractivity contribution is -0.137. The van der Waals surface area contributed by atoms with Crippen molar-refractivity contribution in [3.63, 3.8) is 0 Å². The highest BCUT2D eigenvalue weighted by Gasteiger charge is 2.02. The molecule has 0 aliphatic carbocycles. The molecule has 3 nitrogen and oxygen atoms in total. The van der Waals surface area contributed by atoms with Crippen LogP contribution in [0.15, 0.2) is 48.1 Å². The van der Waals surface area contributed by atoms with Gasteiger partial charge in [0, 0.05) is 25.9 Å². The third-order valence-electron chi connectivity index (χ3n) is 3.33. The number of anilines is 1. The normalized spacial score (nSPS) is 13.2. The highest BCUT2D eigenvalue weighted by Crippen LogP contribution is 2.16. The Bertz CT molecular complexity index is 527. The van der Waals surface area contributed by atoms with Crippen molar-refractivity contribution in [1.82, 2.24) is 0 Å². The summed E-state index contributed by atoms with van der Waals surface area (Å²) in [6, 6.07) is 8.62. The molecule has 0 radical (unpaired) electrons. The summed E-state index contributed by atoms with van der Waals surface area (Å²) in [7, 11) is 4.08. The summed E-state index contributed by atoms with van der Waals surface area (Å²) < 4.78 is 4.87. The molecule has 1 rings (SSSR count). The van der Waals surface area contributed by atoms with E-state index in [0.717, 1.165) is 12.0 Å². The van der Waals surface area contributed by atoms with Gasteiger partial charge >= 0.3 is 5.97 Å². The Labute approximate surface area is 134 Å². The minimum atomic E-state index is -0.290. The molecule has 0 saturated heterocycles. The van der Waals surface area contributed by atoms with Gasteiger partial charge in [-0.05, 0) is 43.9 Å². The number of hydrogen-bond acceptors (Lipinski definition) is 3. The van der Waals surface area contributed by atoms with Crippen LogP contribution in [0.5, 0.6) is 0 Å². The first kappa shape index (κ1) is 18.0. The van der Waals surface area contributed by atoms with E-state index < -0.39 is 0 Å². The largest absolute Gasteiger partial charge is 0.463 e. The standard InChI is InChI=1S/C19H27NO2/c1-6-22-19(21)12-7-15(2)13-16(3)14-17-8-10-18(11-9-17)20(4)5/h7-13,16H,6,14H2,1-5H3/b12-7+,15-13+. The molecular formula is C19H27NO2. The molecule has 0 spiro atoms. The molecule has 3 heteroatoms. The van der Waals surface area contributed by atoms with Gasteiger partial charge in [-0.3, -0.25) is 0 Å². The topological polar surface area (TPSA) is 29.5 Å². The van der Waals surface area contributed by atoms with Crippen molar-refractivity contribution in [1.29, 1.82) is 0 Å². The lowest BCUT2D eigenvalue weighted by Crippen LogP contribution is -2.08. The van der Waals surface area contributed by atoms with E-state index in [-0.39, 0.29) is 5.97 Å².